The van der Waals surface area contributed by atoms with Crippen molar-refractivity contribution < 1.29 is 9.59 Å². The van der Waals surface area contributed by atoms with Crippen molar-refractivity contribution in [3.63, 3.8) is 0 Å². The van der Waals surface area contributed by atoms with Crippen LogP contribution in [-0.2, 0) is 29.0 Å². The van der Waals surface area contributed by atoms with Crippen LogP contribution in [0.5, 0.6) is 0 Å². The molecule has 0 unspecified atom stereocenters. The lowest BCUT2D eigenvalue weighted by Crippen LogP contribution is -2.01. The van der Waals surface area contributed by atoms with Gasteiger partial charge in [-0.05, 0) is 43.5 Å². The maximum atomic E-state index is 8.12. The van der Waals surface area contributed by atoms with Crippen LogP contribution in [0.3, 0.4) is 0 Å². The molecule has 0 radical (unpaired) electrons. The topological polar surface area (TPSA) is 52.0 Å². The van der Waals surface area contributed by atoms with E-state index in [0.717, 1.165) is 29.6 Å². The molecule has 0 aliphatic rings. The summed E-state index contributed by atoms with van der Waals surface area (Å²) in [4.78, 5) is 16.2. The van der Waals surface area contributed by atoms with Crippen LogP contribution >= 0.6 is 15.9 Å². The lowest BCUT2D eigenvalue weighted by atomic mass is 10.0. The predicted octanol–water partition coefficient (Wildman–Crippen LogP) is 3.87. The monoisotopic (exact) mass is 350 g/mol. The molecule has 0 bridgehead atoms. The number of aromatic nitrogens is 2. The van der Waals surface area contributed by atoms with E-state index in [2.05, 4.69) is 70.7 Å². The number of halogens is 1. The normalized spacial score (nSPS) is 9.71. The van der Waals surface area contributed by atoms with Gasteiger partial charge in [-0.2, -0.15) is 14.7 Å². The summed E-state index contributed by atoms with van der Waals surface area (Å²) in [6, 6.07) is 8.71. The lowest BCUT2D eigenvalue weighted by Gasteiger charge is -2.10. The van der Waals surface area contributed by atoms with Crippen molar-refractivity contribution in [1.29, 1.82) is 0 Å². The van der Waals surface area contributed by atoms with Gasteiger partial charge in [0.2, 0.25) is 0 Å². The first-order valence-corrected chi connectivity index (χ1v) is 7.75. The summed E-state index contributed by atoms with van der Waals surface area (Å²) in [5, 5.41) is 4.63. The highest BCUT2D eigenvalue weighted by atomic mass is 79.9. The molecule has 112 valence electrons. The van der Waals surface area contributed by atoms with Crippen molar-refractivity contribution in [3.8, 4) is 11.3 Å². The van der Waals surface area contributed by atoms with Crippen LogP contribution in [0, 0.1) is 0 Å². The van der Waals surface area contributed by atoms with Crippen LogP contribution in [0.25, 0.3) is 11.3 Å². The first kappa shape index (κ1) is 17.3. The molecule has 0 fully saturated rings. The Morgan fingerprint density at radius 1 is 1.14 bits per heavy atom. The molecule has 0 spiro atoms. The molecule has 2 aromatic rings. The number of aryl methyl sites for hydroxylation is 3. The third-order valence-electron chi connectivity index (χ3n) is 3.22. The fourth-order valence-electron chi connectivity index (χ4n) is 2.21. The van der Waals surface area contributed by atoms with E-state index in [9.17, 15) is 0 Å². The van der Waals surface area contributed by atoms with Crippen LogP contribution in [0.2, 0.25) is 0 Å². The quantitative estimate of drug-likeness (QED) is 0.840. The van der Waals surface area contributed by atoms with E-state index >= 15 is 0 Å². The second kappa shape index (κ2) is 8.55. The van der Waals surface area contributed by atoms with E-state index in [1.807, 2.05) is 0 Å². The molecular formula is C16H19BrN2O2. The highest BCUT2D eigenvalue weighted by Gasteiger charge is 2.11. The molecule has 0 saturated heterocycles. The van der Waals surface area contributed by atoms with E-state index in [1.54, 1.807) is 0 Å². The van der Waals surface area contributed by atoms with Crippen molar-refractivity contribution in [3.05, 3.63) is 40.0 Å². The third kappa shape index (κ3) is 4.38. The highest BCUT2D eigenvalue weighted by molar-refractivity contribution is 9.10. The van der Waals surface area contributed by atoms with E-state index in [-0.39, 0.29) is 6.15 Å². The van der Waals surface area contributed by atoms with Gasteiger partial charge in [-0.1, -0.05) is 35.8 Å². The molecule has 1 aromatic heterocycles. The van der Waals surface area contributed by atoms with Crippen molar-refractivity contribution in [2.75, 3.05) is 0 Å². The predicted molar refractivity (Wildman–Crippen MR) is 84.8 cm³/mol. The van der Waals surface area contributed by atoms with Gasteiger partial charge in [0.25, 0.3) is 0 Å². The number of benzene rings is 1. The minimum atomic E-state index is 0.250. The summed E-state index contributed by atoms with van der Waals surface area (Å²) in [6.07, 6.45) is 2.27. The van der Waals surface area contributed by atoms with Crippen molar-refractivity contribution in [2.45, 2.75) is 40.2 Å². The summed E-state index contributed by atoms with van der Waals surface area (Å²) >= 11 is 3.54. The maximum Gasteiger partial charge on any atom is 0.373 e. The molecule has 0 atom stereocenters. The second-order valence-electron chi connectivity index (χ2n) is 4.43. The molecule has 0 amide bonds. The van der Waals surface area contributed by atoms with Gasteiger partial charge in [0, 0.05) is 16.6 Å². The molecular weight excluding hydrogens is 332 g/mol. The fourth-order valence-corrected chi connectivity index (χ4v) is 2.61. The van der Waals surface area contributed by atoms with E-state index < -0.39 is 0 Å². The lowest BCUT2D eigenvalue weighted by molar-refractivity contribution is -0.191. The molecule has 0 N–H and O–H groups in total. The standard InChI is InChI=1S/C15H19BrN2.CO2/c1-4-11-9-12(16)7-8-14(11)15-10-13(5-2)17-18(15)6-3;2-1-3/h7-10H,4-6H2,1-3H3;. The van der Waals surface area contributed by atoms with Gasteiger partial charge in [0.1, 0.15) is 0 Å². The van der Waals surface area contributed by atoms with Crippen LogP contribution in [0.1, 0.15) is 32.0 Å². The number of carbonyl (C=O) groups excluding carboxylic acids is 2. The summed E-state index contributed by atoms with van der Waals surface area (Å²) < 4.78 is 3.24. The molecule has 5 heteroatoms. The number of hydrogen-bond acceptors (Lipinski definition) is 3. The van der Waals surface area contributed by atoms with Crippen molar-refractivity contribution in [1.82, 2.24) is 9.78 Å². The van der Waals surface area contributed by atoms with Crippen molar-refractivity contribution in [2.24, 2.45) is 0 Å². The largest absolute Gasteiger partial charge is 0.373 e. The summed E-state index contributed by atoms with van der Waals surface area (Å²) in [5.74, 6) is 0. The maximum absolute atomic E-state index is 8.12. The number of rotatable bonds is 4. The van der Waals surface area contributed by atoms with Crippen LogP contribution in [0.15, 0.2) is 28.7 Å². The first-order chi connectivity index (χ1) is 10.1. The third-order valence-corrected chi connectivity index (χ3v) is 3.71. The molecule has 0 aliphatic carbocycles. The van der Waals surface area contributed by atoms with Crippen molar-refractivity contribution >= 4 is 22.1 Å². The summed E-state index contributed by atoms with van der Waals surface area (Å²) in [5.41, 5.74) is 5.06. The van der Waals surface area contributed by atoms with Gasteiger partial charge in [-0.3, -0.25) is 4.68 Å². The van der Waals surface area contributed by atoms with E-state index in [1.165, 1.54) is 16.8 Å². The van der Waals surface area contributed by atoms with Crippen LogP contribution < -0.4 is 0 Å². The zero-order valence-corrected chi connectivity index (χ0v) is 14.1. The highest BCUT2D eigenvalue weighted by Crippen LogP contribution is 2.28. The minimum Gasteiger partial charge on any atom is -0.265 e. The first-order valence-electron chi connectivity index (χ1n) is 6.95. The molecule has 0 aliphatic heterocycles. The van der Waals surface area contributed by atoms with Gasteiger partial charge < -0.3 is 0 Å². The summed E-state index contributed by atoms with van der Waals surface area (Å²) in [6.45, 7) is 7.39. The van der Waals surface area contributed by atoms with Gasteiger partial charge in [-0.15, -0.1) is 0 Å². The molecule has 4 nitrogen and oxygen atoms in total. The van der Waals surface area contributed by atoms with Gasteiger partial charge in [-0.25, -0.2) is 0 Å². The zero-order valence-electron chi connectivity index (χ0n) is 12.5. The molecule has 2 rings (SSSR count). The Hall–Kier alpha value is -1.71. The average molecular weight is 351 g/mol. The fraction of sp³-hybridized carbons (Fsp3) is 0.375. The van der Waals surface area contributed by atoms with Gasteiger partial charge in [0.05, 0.1) is 11.4 Å². The van der Waals surface area contributed by atoms with Crippen LogP contribution in [0.4, 0.5) is 0 Å². The second-order valence-corrected chi connectivity index (χ2v) is 5.34. The Labute approximate surface area is 133 Å². The Kier molecular flexibility index (Phi) is 7.06. The number of nitrogens with zero attached hydrogens (tertiary/aromatic N) is 2. The van der Waals surface area contributed by atoms with E-state index in [4.69, 9.17) is 9.59 Å². The average Bonchev–Trinajstić information content (AvgIpc) is 2.91. The molecule has 1 heterocycles. The smallest absolute Gasteiger partial charge is 0.265 e. The molecule has 1 aromatic carbocycles. The van der Waals surface area contributed by atoms with Crippen LogP contribution in [-0.4, -0.2) is 15.9 Å². The van der Waals surface area contributed by atoms with E-state index in [0.29, 0.717) is 0 Å². The zero-order chi connectivity index (χ0) is 15.8. The molecule has 0 saturated carbocycles. The Morgan fingerprint density at radius 3 is 2.33 bits per heavy atom. The Balaban J connectivity index is 0.000000677. The Morgan fingerprint density at radius 2 is 1.81 bits per heavy atom. The molecule has 21 heavy (non-hydrogen) atoms. The number of hydrogen-bond donors (Lipinski definition) is 0. The van der Waals surface area contributed by atoms with Gasteiger partial charge >= 0.3 is 6.15 Å². The summed E-state index contributed by atoms with van der Waals surface area (Å²) in [7, 11) is 0. The van der Waals surface area contributed by atoms with Gasteiger partial charge in [0.15, 0.2) is 0 Å². The Bertz CT molecular complexity index is 629. The SMILES string of the molecule is CCc1cc(-c2ccc(Br)cc2CC)n(CC)n1.O=C=O. The minimum absolute atomic E-state index is 0.250.